The van der Waals surface area contributed by atoms with Crippen LogP contribution in [0.1, 0.15) is 11.7 Å². The number of aliphatic hydroxyl groups is 1. The van der Waals surface area contributed by atoms with Gasteiger partial charge in [0, 0.05) is 57.2 Å². The van der Waals surface area contributed by atoms with Gasteiger partial charge in [0.25, 0.3) is 0 Å². The zero-order chi connectivity index (χ0) is 18.4. The highest BCUT2D eigenvalue weighted by Gasteiger charge is 2.21. The van der Waals surface area contributed by atoms with Gasteiger partial charge in [-0.2, -0.15) is 0 Å². The molecule has 0 saturated carbocycles. The first-order chi connectivity index (χ1) is 12.7. The van der Waals surface area contributed by atoms with Crippen molar-refractivity contribution in [1.29, 1.82) is 0 Å². The lowest BCUT2D eigenvalue weighted by Gasteiger charge is -2.36. The Kier molecular flexibility index (Phi) is 6.25. The number of benzene rings is 1. The molecule has 1 aromatic heterocycles. The Balaban J connectivity index is 1.52. The van der Waals surface area contributed by atoms with Crippen molar-refractivity contribution in [3.63, 3.8) is 0 Å². The number of halogens is 1. The molecule has 3 rings (SSSR count). The van der Waals surface area contributed by atoms with Gasteiger partial charge in [-0.05, 0) is 23.8 Å². The molecule has 0 radical (unpaired) electrons. The van der Waals surface area contributed by atoms with Crippen LogP contribution in [0.3, 0.4) is 0 Å². The highest BCUT2D eigenvalue weighted by Crippen LogP contribution is 2.17. The van der Waals surface area contributed by atoms with Crippen molar-refractivity contribution in [2.45, 2.75) is 6.10 Å². The average Bonchev–Trinajstić information content (AvgIpc) is 2.69. The molecule has 0 bridgehead atoms. The summed E-state index contributed by atoms with van der Waals surface area (Å²) in [6.45, 7) is 3.63. The summed E-state index contributed by atoms with van der Waals surface area (Å²) < 4.78 is 0. The van der Waals surface area contributed by atoms with E-state index in [0.717, 1.165) is 43.7 Å². The van der Waals surface area contributed by atoms with Gasteiger partial charge in [-0.15, -0.1) is 0 Å². The largest absolute Gasteiger partial charge is 0.387 e. The molecule has 2 N–H and O–H groups in total. The number of nitrogens with one attached hydrogen (secondary N) is 1. The number of rotatable bonds is 4. The van der Waals surface area contributed by atoms with Crippen molar-refractivity contribution in [2.24, 2.45) is 4.99 Å². The van der Waals surface area contributed by atoms with Gasteiger partial charge in [-0.25, -0.2) is 9.97 Å². The molecule has 1 aromatic carbocycles. The Hall–Kier alpha value is -2.38. The molecule has 1 aliphatic heterocycles. The minimum Gasteiger partial charge on any atom is -0.387 e. The van der Waals surface area contributed by atoms with Crippen LogP contribution in [0.5, 0.6) is 0 Å². The molecule has 0 aliphatic carbocycles. The number of hydrogen-bond acceptors (Lipinski definition) is 5. The molecular weight excluding hydrogens is 352 g/mol. The maximum absolute atomic E-state index is 10.4. The van der Waals surface area contributed by atoms with E-state index >= 15 is 0 Å². The van der Waals surface area contributed by atoms with Crippen LogP contribution in [-0.2, 0) is 0 Å². The SMILES string of the molecule is CN=C(NCC(O)c1cccc(Cl)c1)N1CCN(c2ncccn2)CC1. The van der Waals surface area contributed by atoms with Crippen molar-refractivity contribution in [3.05, 3.63) is 53.3 Å². The molecule has 26 heavy (non-hydrogen) atoms. The Labute approximate surface area is 158 Å². The lowest BCUT2D eigenvalue weighted by molar-refractivity contribution is 0.179. The summed E-state index contributed by atoms with van der Waals surface area (Å²) >= 11 is 5.99. The van der Waals surface area contributed by atoms with Crippen LogP contribution in [0.2, 0.25) is 5.02 Å². The van der Waals surface area contributed by atoms with Crippen molar-refractivity contribution >= 4 is 23.5 Å². The monoisotopic (exact) mass is 374 g/mol. The van der Waals surface area contributed by atoms with E-state index in [1.54, 1.807) is 31.6 Å². The van der Waals surface area contributed by atoms with Gasteiger partial charge in [0.15, 0.2) is 5.96 Å². The highest BCUT2D eigenvalue weighted by atomic mass is 35.5. The number of anilines is 1. The summed E-state index contributed by atoms with van der Waals surface area (Å²) in [7, 11) is 1.75. The summed E-state index contributed by atoms with van der Waals surface area (Å²) in [5.41, 5.74) is 0.784. The first-order valence-electron chi connectivity index (χ1n) is 8.58. The van der Waals surface area contributed by atoms with Gasteiger partial charge >= 0.3 is 0 Å². The van der Waals surface area contributed by atoms with E-state index in [1.807, 2.05) is 18.2 Å². The molecular formula is C18H23ClN6O. The van der Waals surface area contributed by atoms with Gasteiger partial charge < -0.3 is 20.2 Å². The standard InChI is InChI=1S/C18H23ClN6O/c1-20-17(23-13-16(26)14-4-2-5-15(19)12-14)24-8-10-25(11-9-24)18-21-6-3-7-22-18/h2-7,12,16,26H,8-11,13H2,1H3,(H,20,23). The third-order valence-corrected chi connectivity index (χ3v) is 4.55. The second kappa shape index (κ2) is 8.82. The highest BCUT2D eigenvalue weighted by molar-refractivity contribution is 6.30. The van der Waals surface area contributed by atoms with Crippen molar-refractivity contribution in [1.82, 2.24) is 20.2 Å². The quantitative estimate of drug-likeness (QED) is 0.624. The summed E-state index contributed by atoms with van der Waals surface area (Å²) in [6, 6.07) is 9.08. The maximum Gasteiger partial charge on any atom is 0.225 e. The Bertz CT molecular complexity index is 733. The first-order valence-corrected chi connectivity index (χ1v) is 8.96. The van der Waals surface area contributed by atoms with Gasteiger partial charge in [0.2, 0.25) is 5.95 Å². The van der Waals surface area contributed by atoms with Crippen molar-refractivity contribution in [3.8, 4) is 0 Å². The third kappa shape index (κ3) is 4.62. The van der Waals surface area contributed by atoms with Crippen LogP contribution < -0.4 is 10.2 Å². The number of hydrogen-bond donors (Lipinski definition) is 2. The molecule has 2 heterocycles. The molecule has 2 aromatic rings. The molecule has 1 aliphatic rings. The fraction of sp³-hybridized carbons (Fsp3) is 0.389. The predicted octanol–water partition coefficient (Wildman–Crippen LogP) is 1.56. The van der Waals surface area contributed by atoms with Crippen LogP contribution in [0.25, 0.3) is 0 Å². The predicted molar refractivity (Wildman–Crippen MR) is 104 cm³/mol. The fourth-order valence-electron chi connectivity index (χ4n) is 2.92. The fourth-order valence-corrected chi connectivity index (χ4v) is 3.12. The average molecular weight is 375 g/mol. The summed E-state index contributed by atoms with van der Waals surface area (Å²) in [5.74, 6) is 1.53. The van der Waals surface area contributed by atoms with Crippen LogP contribution in [0.15, 0.2) is 47.7 Å². The smallest absolute Gasteiger partial charge is 0.225 e. The number of aliphatic hydroxyl groups excluding tert-OH is 1. The minimum absolute atomic E-state index is 0.370. The minimum atomic E-state index is -0.649. The zero-order valence-electron chi connectivity index (χ0n) is 14.7. The maximum atomic E-state index is 10.4. The number of aliphatic imine (C=N–C) groups is 1. The van der Waals surface area contributed by atoms with Gasteiger partial charge in [-0.3, -0.25) is 4.99 Å². The van der Waals surface area contributed by atoms with Crippen LogP contribution in [-0.4, -0.2) is 65.7 Å². The van der Waals surface area contributed by atoms with E-state index in [0.29, 0.717) is 11.6 Å². The first kappa shape index (κ1) is 18.4. The van der Waals surface area contributed by atoms with E-state index in [4.69, 9.17) is 11.6 Å². The van der Waals surface area contributed by atoms with E-state index < -0.39 is 6.10 Å². The van der Waals surface area contributed by atoms with Gasteiger partial charge in [-0.1, -0.05) is 23.7 Å². The second-order valence-corrected chi connectivity index (χ2v) is 6.46. The molecule has 0 amide bonds. The normalized spacial score (nSPS) is 16.5. The lowest BCUT2D eigenvalue weighted by Crippen LogP contribution is -2.53. The Morgan fingerprint density at radius 1 is 1.23 bits per heavy atom. The molecule has 7 nitrogen and oxygen atoms in total. The second-order valence-electron chi connectivity index (χ2n) is 6.02. The molecule has 138 valence electrons. The molecule has 1 saturated heterocycles. The number of guanidine groups is 1. The summed E-state index contributed by atoms with van der Waals surface area (Å²) in [4.78, 5) is 17.3. The summed E-state index contributed by atoms with van der Waals surface area (Å²) in [6.07, 6.45) is 2.86. The van der Waals surface area contributed by atoms with Crippen LogP contribution in [0, 0.1) is 0 Å². The molecule has 1 atom stereocenters. The topological polar surface area (TPSA) is 76.9 Å². The van der Waals surface area contributed by atoms with Crippen LogP contribution >= 0.6 is 11.6 Å². The van der Waals surface area contributed by atoms with Gasteiger partial charge in [0.05, 0.1) is 6.10 Å². The number of piperazine rings is 1. The van der Waals surface area contributed by atoms with E-state index in [1.165, 1.54) is 0 Å². The van der Waals surface area contributed by atoms with E-state index in [-0.39, 0.29) is 0 Å². The number of nitrogens with zero attached hydrogens (tertiary/aromatic N) is 5. The Morgan fingerprint density at radius 2 is 1.96 bits per heavy atom. The molecule has 1 unspecified atom stereocenters. The van der Waals surface area contributed by atoms with Crippen molar-refractivity contribution < 1.29 is 5.11 Å². The third-order valence-electron chi connectivity index (χ3n) is 4.31. The van der Waals surface area contributed by atoms with Gasteiger partial charge in [0.1, 0.15) is 0 Å². The van der Waals surface area contributed by atoms with E-state index in [9.17, 15) is 5.11 Å². The Morgan fingerprint density at radius 3 is 2.62 bits per heavy atom. The van der Waals surface area contributed by atoms with Crippen LogP contribution in [0.4, 0.5) is 5.95 Å². The number of aromatic nitrogens is 2. The zero-order valence-corrected chi connectivity index (χ0v) is 15.5. The molecule has 0 spiro atoms. The summed E-state index contributed by atoms with van der Waals surface area (Å²) in [5, 5.41) is 14.2. The molecule has 1 fully saturated rings. The lowest BCUT2D eigenvalue weighted by atomic mass is 10.1. The van der Waals surface area contributed by atoms with Crippen molar-refractivity contribution in [2.75, 3.05) is 44.7 Å². The van der Waals surface area contributed by atoms with E-state index in [2.05, 4.69) is 30.1 Å². The molecule has 8 heteroatoms.